The number of rotatable bonds is 10. The second-order valence-corrected chi connectivity index (χ2v) is 6.04. The highest BCUT2D eigenvalue weighted by Crippen LogP contribution is 2.04. The molecule has 0 aliphatic rings. The molecule has 0 amide bonds. The molecule has 0 aromatic heterocycles. The Balaban J connectivity index is 3.72. The van der Waals surface area contributed by atoms with Gasteiger partial charge in [-0.3, -0.25) is 0 Å². The van der Waals surface area contributed by atoms with Crippen molar-refractivity contribution < 1.29 is 0 Å². The van der Waals surface area contributed by atoms with Crippen molar-refractivity contribution in [2.24, 2.45) is 5.92 Å². The van der Waals surface area contributed by atoms with E-state index in [2.05, 4.69) is 53.7 Å². The van der Waals surface area contributed by atoms with Gasteiger partial charge in [-0.2, -0.15) is 0 Å². The Labute approximate surface area is 111 Å². The quantitative estimate of drug-likeness (QED) is 0.451. The third kappa shape index (κ3) is 10.9. The predicted octanol–water partition coefficient (Wildman–Crippen LogP) is 3.07. The molecular weight excluding hydrogens is 264 g/mol. The van der Waals surface area contributed by atoms with Gasteiger partial charge in [-0.05, 0) is 39.4 Å². The van der Waals surface area contributed by atoms with E-state index in [1.54, 1.807) is 0 Å². The molecule has 0 rings (SSSR count). The standard InChI is InChI=1S/C13H29BrN2/c1-13(2)12-16(11-10-15(3)4)9-7-5-6-8-14/h13H,5-12H2,1-4H3. The van der Waals surface area contributed by atoms with E-state index < -0.39 is 0 Å². The van der Waals surface area contributed by atoms with Crippen LogP contribution in [0.4, 0.5) is 0 Å². The summed E-state index contributed by atoms with van der Waals surface area (Å²) >= 11 is 3.49. The Bertz CT molecular complexity index is 149. The van der Waals surface area contributed by atoms with Gasteiger partial charge in [0.25, 0.3) is 0 Å². The molecule has 0 saturated heterocycles. The number of likely N-dealkylation sites (N-methyl/N-ethyl adjacent to an activating group) is 1. The van der Waals surface area contributed by atoms with Gasteiger partial charge >= 0.3 is 0 Å². The highest BCUT2D eigenvalue weighted by atomic mass is 79.9. The van der Waals surface area contributed by atoms with Gasteiger partial charge in [0.15, 0.2) is 0 Å². The number of hydrogen-bond donors (Lipinski definition) is 0. The highest BCUT2D eigenvalue weighted by molar-refractivity contribution is 9.09. The zero-order chi connectivity index (χ0) is 12.4. The largest absolute Gasteiger partial charge is 0.308 e. The molecule has 0 heterocycles. The van der Waals surface area contributed by atoms with Gasteiger partial charge in [0.1, 0.15) is 0 Å². The van der Waals surface area contributed by atoms with E-state index in [1.807, 2.05) is 0 Å². The first kappa shape index (κ1) is 16.4. The van der Waals surface area contributed by atoms with Crippen LogP contribution >= 0.6 is 15.9 Å². The van der Waals surface area contributed by atoms with Gasteiger partial charge < -0.3 is 9.80 Å². The number of unbranched alkanes of at least 4 members (excludes halogenated alkanes) is 2. The minimum Gasteiger partial charge on any atom is -0.308 e. The maximum absolute atomic E-state index is 3.49. The number of alkyl halides is 1. The van der Waals surface area contributed by atoms with Crippen LogP contribution in [0.5, 0.6) is 0 Å². The van der Waals surface area contributed by atoms with Crippen LogP contribution in [-0.4, -0.2) is 55.4 Å². The minimum absolute atomic E-state index is 0.776. The van der Waals surface area contributed by atoms with Crippen molar-refractivity contribution in [3.05, 3.63) is 0 Å². The third-order valence-corrected chi connectivity index (χ3v) is 3.16. The zero-order valence-corrected chi connectivity index (χ0v) is 13.1. The number of nitrogens with zero attached hydrogens (tertiary/aromatic N) is 2. The first-order valence-electron chi connectivity index (χ1n) is 6.49. The lowest BCUT2D eigenvalue weighted by Gasteiger charge is -2.25. The van der Waals surface area contributed by atoms with Crippen molar-refractivity contribution in [3.8, 4) is 0 Å². The summed E-state index contributed by atoms with van der Waals surface area (Å²) in [5, 5.41) is 1.15. The molecule has 0 fully saturated rings. The Morgan fingerprint density at radius 2 is 1.62 bits per heavy atom. The molecule has 2 nitrogen and oxygen atoms in total. The maximum atomic E-state index is 3.49. The first-order valence-corrected chi connectivity index (χ1v) is 7.61. The van der Waals surface area contributed by atoms with Gasteiger partial charge in [-0.25, -0.2) is 0 Å². The van der Waals surface area contributed by atoms with Crippen LogP contribution in [0.1, 0.15) is 33.1 Å². The van der Waals surface area contributed by atoms with Crippen LogP contribution in [-0.2, 0) is 0 Å². The third-order valence-electron chi connectivity index (χ3n) is 2.59. The Morgan fingerprint density at radius 1 is 0.938 bits per heavy atom. The molecule has 0 aliphatic carbocycles. The molecule has 0 bridgehead atoms. The van der Waals surface area contributed by atoms with E-state index in [0.29, 0.717) is 0 Å². The minimum atomic E-state index is 0.776. The number of hydrogen-bond acceptors (Lipinski definition) is 2. The van der Waals surface area contributed by atoms with Crippen LogP contribution < -0.4 is 0 Å². The Morgan fingerprint density at radius 3 is 2.12 bits per heavy atom. The summed E-state index contributed by atoms with van der Waals surface area (Å²) in [5.41, 5.74) is 0. The lowest BCUT2D eigenvalue weighted by Crippen LogP contribution is -2.35. The van der Waals surface area contributed by atoms with E-state index in [0.717, 1.165) is 11.2 Å². The first-order chi connectivity index (χ1) is 7.56. The summed E-state index contributed by atoms with van der Waals surface area (Å²) in [4.78, 5) is 4.88. The molecule has 0 aromatic rings. The molecule has 16 heavy (non-hydrogen) atoms. The van der Waals surface area contributed by atoms with Crippen molar-refractivity contribution in [1.82, 2.24) is 9.80 Å². The molecule has 0 aromatic carbocycles. The van der Waals surface area contributed by atoms with Crippen molar-refractivity contribution in [3.63, 3.8) is 0 Å². The zero-order valence-electron chi connectivity index (χ0n) is 11.5. The van der Waals surface area contributed by atoms with Crippen molar-refractivity contribution in [2.75, 3.05) is 45.6 Å². The average Bonchev–Trinajstić information content (AvgIpc) is 2.19. The predicted molar refractivity (Wildman–Crippen MR) is 77.5 cm³/mol. The van der Waals surface area contributed by atoms with E-state index >= 15 is 0 Å². The number of halogens is 1. The van der Waals surface area contributed by atoms with Gasteiger partial charge in [0.2, 0.25) is 0 Å². The molecule has 0 saturated carbocycles. The van der Waals surface area contributed by atoms with Crippen molar-refractivity contribution in [2.45, 2.75) is 33.1 Å². The smallest absolute Gasteiger partial charge is 0.0109 e. The highest BCUT2D eigenvalue weighted by Gasteiger charge is 2.07. The van der Waals surface area contributed by atoms with Gasteiger partial charge in [-0.15, -0.1) is 0 Å². The van der Waals surface area contributed by atoms with Crippen molar-refractivity contribution in [1.29, 1.82) is 0 Å². The molecule has 0 aliphatic heterocycles. The van der Waals surface area contributed by atoms with E-state index in [-0.39, 0.29) is 0 Å². The van der Waals surface area contributed by atoms with Crippen LogP contribution in [0.25, 0.3) is 0 Å². The second kappa shape index (κ2) is 10.5. The molecule has 0 unspecified atom stereocenters. The van der Waals surface area contributed by atoms with Gasteiger partial charge in [0, 0.05) is 25.0 Å². The lowest BCUT2D eigenvalue weighted by molar-refractivity contribution is 0.215. The van der Waals surface area contributed by atoms with E-state index in [9.17, 15) is 0 Å². The Hall–Kier alpha value is 0.400. The lowest BCUT2D eigenvalue weighted by atomic mass is 10.2. The van der Waals surface area contributed by atoms with Gasteiger partial charge in [-0.1, -0.05) is 36.2 Å². The molecular formula is C13H29BrN2. The van der Waals surface area contributed by atoms with Crippen LogP contribution in [0.3, 0.4) is 0 Å². The topological polar surface area (TPSA) is 6.48 Å². The molecule has 0 atom stereocenters. The van der Waals surface area contributed by atoms with Crippen LogP contribution in [0, 0.1) is 5.92 Å². The maximum Gasteiger partial charge on any atom is 0.0109 e. The molecule has 0 N–H and O–H groups in total. The van der Waals surface area contributed by atoms with Gasteiger partial charge in [0.05, 0.1) is 0 Å². The van der Waals surface area contributed by atoms with E-state index in [4.69, 9.17) is 0 Å². The fraction of sp³-hybridized carbons (Fsp3) is 1.00. The summed E-state index contributed by atoms with van der Waals surface area (Å²) < 4.78 is 0. The normalized spacial score (nSPS) is 12.0. The fourth-order valence-corrected chi connectivity index (χ4v) is 2.16. The summed E-state index contributed by atoms with van der Waals surface area (Å²) in [5.74, 6) is 0.776. The summed E-state index contributed by atoms with van der Waals surface area (Å²) in [6, 6.07) is 0. The molecule has 98 valence electrons. The van der Waals surface area contributed by atoms with Crippen LogP contribution in [0.2, 0.25) is 0 Å². The fourth-order valence-electron chi connectivity index (χ4n) is 1.76. The summed E-state index contributed by atoms with van der Waals surface area (Å²) in [6.07, 6.45) is 4.00. The second-order valence-electron chi connectivity index (χ2n) is 5.25. The van der Waals surface area contributed by atoms with Crippen LogP contribution in [0.15, 0.2) is 0 Å². The summed E-state index contributed by atoms with van der Waals surface area (Å²) in [7, 11) is 4.30. The SMILES string of the molecule is CC(C)CN(CCCCCBr)CCN(C)C. The Kier molecular flexibility index (Phi) is 10.8. The summed E-state index contributed by atoms with van der Waals surface area (Å²) in [6.45, 7) is 9.49. The van der Waals surface area contributed by atoms with Crippen molar-refractivity contribution >= 4 is 15.9 Å². The molecule has 3 heteroatoms. The van der Waals surface area contributed by atoms with E-state index in [1.165, 1.54) is 45.4 Å². The monoisotopic (exact) mass is 292 g/mol. The average molecular weight is 293 g/mol. The molecule has 0 radical (unpaired) electrons. The molecule has 0 spiro atoms.